The van der Waals surface area contributed by atoms with Gasteiger partial charge in [0.1, 0.15) is 9.88 Å². The molecule has 2 N–H and O–H groups in total. The van der Waals surface area contributed by atoms with E-state index >= 15 is 0 Å². The molecular weight excluding hydrogens is 308 g/mol. The fourth-order valence-electron chi connectivity index (χ4n) is 2.18. The molecule has 3 aromatic rings. The van der Waals surface area contributed by atoms with Crippen LogP contribution in [0.25, 0.3) is 10.6 Å². The zero-order valence-corrected chi connectivity index (χ0v) is 13.4. The molecule has 0 saturated heterocycles. The first-order valence-electron chi connectivity index (χ1n) is 7.20. The van der Waals surface area contributed by atoms with Gasteiger partial charge in [0.2, 0.25) is 0 Å². The minimum absolute atomic E-state index is 0.0537. The van der Waals surface area contributed by atoms with Crippen molar-refractivity contribution in [3.8, 4) is 10.6 Å². The van der Waals surface area contributed by atoms with Gasteiger partial charge >= 0.3 is 0 Å². The van der Waals surface area contributed by atoms with E-state index in [2.05, 4.69) is 10.3 Å². The molecule has 2 aromatic carbocycles. The van der Waals surface area contributed by atoms with Gasteiger partial charge in [0.05, 0.1) is 12.8 Å². The molecule has 0 radical (unpaired) electrons. The Bertz CT molecular complexity index is 828. The number of carbonyl (C=O) groups excluding carboxylic acids is 1. The number of carbonyl (C=O) groups is 1. The second-order valence-electron chi connectivity index (χ2n) is 5.16. The van der Waals surface area contributed by atoms with E-state index in [0.29, 0.717) is 10.6 Å². The molecule has 0 bridgehead atoms. The van der Waals surface area contributed by atoms with Gasteiger partial charge in [-0.15, -0.1) is 11.3 Å². The lowest BCUT2D eigenvalue weighted by atomic mass is 10.1. The summed E-state index contributed by atoms with van der Waals surface area (Å²) in [7, 11) is 0. The number of nitrogens with zero attached hydrogens (tertiary/aromatic N) is 1. The van der Waals surface area contributed by atoms with E-state index in [1.165, 1.54) is 11.3 Å². The summed E-state index contributed by atoms with van der Waals surface area (Å²) in [5, 5.41) is 12.9. The number of aryl methyl sites for hydroxylation is 1. The number of nitrogens with one attached hydrogen (secondary N) is 1. The van der Waals surface area contributed by atoms with Crippen LogP contribution >= 0.6 is 11.3 Å². The predicted octanol–water partition coefficient (Wildman–Crippen LogP) is 3.86. The quantitative estimate of drug-likeness (QED) is 0.766. The number of anilines is 1. The van der Waals surface area contributed by atoms with Crippen LogP contribution in [0, 0.1) is 6.92 Å². The normalized spacial score (nSPS) is 10.5. The number of amides is 1. The summed E-state index contributed by atoms with van der Waals surface area (Å²) in [6, 6.07) is 15.3. The third-order valence-electron chi connectivity index (χ3n) is 3.48. The van der Waals surface area contributed by atoms with Gasteiger partial charge in [-0.2, -0.15) is 0 Å². The highest BCUT2D eigenvalue weighted by molar-refractivity contribution is 7.17. The third-order valence-corrected chi connectivity index (χ3v) is 4.53. The maximum atomic E-state index is 12.4. The monoisotopic (exact) mass is 324 g/mol. The van der Waals surface area contributed by atoms with E-state index < -0.39 is 0 Å². The van der Waals surface area contributed by atoms with E-state index in [-0.39, 0.29) is 12.5 Å². The van der Waals surface area contributed by atoms with Crippen LogP contribution < -0.4 is 5.32 Å². The number of hydrogen-bond acceptors (Lipinski definition) is 4. The van der Waals surface area contributed by atoms with Crippen molar-refractivity contribution in [3.05, 3.63) is 70.7 Å². The van der Waals surface area contributed by atoms with Crippen molar-refractivity contribution in [2.75, 3.05) is 5.32 Å². The van der Waals surface area contributed by atoms with E-state index in [1.54, 1.807) is 12.3 Å². The van der Waals surface area contributed by atoms with Gasteiger partial charge in [-0.25, -0.2) is 4.98 Å². The van der Waals surface area contributed by atoms with Gasteiger partial charge < -0.3 is 10.4 Å². The molecule has 0 atom stereocenters. The van der Waals surface area contributed by atoms with Gasteiger partial charge in [0, 0.05) is 11.3 Å². The second-order valence-corrected chi connectivity index (χ2v) is 6.19. The van der Waals surface area contributed by atoms with Gasteiger partial charge in [0.15, 0.2) is 0 Å². The number of aromatic nitrogens is 1. The van der Waals surface area contributed by atoms with Crippen LogP contribution in [0.5, 0.6) is 0 Å². The Morgan fingerprint density at radius 2 is 2.00 bits per heavy atom. The van der Waals surface area contributed by atoms with E-state index in [0.717, 1.165) is 21.7 Å². The number of hydrogen-bond donors (Lipinski definition) is 2. The Kier molecular flexibility index (Phi) is 4.50. The zero-order valence-electron chi connectivity index (χ0n) is 12.6. The van der Waals surface area contributed by atoms with Gasteiger partial charge in [0.25, 0.3) is 5.91 Å². The van der Waals surface area contributed by atoms with Crippen LogP contribution in [0.15, 0.2) is 54.7 Å². The third kappa shape index (κ3) is 3.47. The van der Waals surface area contributed by atoms with Crippen LogP contribution in [0.4, 0.5) is 5.69 Å². The Morgan fingerprint density at radius 1 is 1.22 bits per heavy atom. The lowest BCUT2D eigenvalue weighted by molar-refractivity contribution is 0.103. The molecule has 0 saturated carbocycles. The highest BCUT2D eigenvalue weighted by atomic mass is 32.1. The maximum absolute atomic E-state index is 12.4. The van der Waals surface area contributed by atoms with Crippen molar-refractivity contribution < 1.29 is 9.90 Å². The summed E-state index contributed by atoms with van der Waals surface area (Å²) >= 11 is 1.36. The van der Waals surface area contributed by atoms with Crippen LogP contribution in [-0.2, 0) is 6.61 Å². The molecule has 23 heavy (non-hydrogen) atoms. The minimum Gasteiger partial charge on any atom is -0.392 e. The molecule has 0 unspecified atom stereocenters. The average molecular weight is 324 g/mol. The average Bonchev–Trinajstić information content (AvgIpc) is 3.08. The molecule has 0 aliphatic heterocycles. The minimum atomic E-state index is -0.192. The van der Waals surface area contributed by atoms with Crippen molar-refractivity contribution in [2.24, 2.45) is 0 Å². The van der Waals surface area contributed by atoms with Gasteiger partial charge in [-0.05, 0) is 24.1 Å². The van der Waals surface area contributed by atoms with Crippen LogP contribution in [0.1, 0.15) is 20.8 Å². The number of aliphatic hydroxyl groups excluding tert-OH is 1. The highest BCUT2D eigenvalue weighted by Gasteiger charge is 2.13. The molecule has 0 aliphatic rings. The molecule has 116 valence electrons. The van der Waals surface area contributed by atoms with Gasteiger partial charge in [-0.3, -0.25) is 4.79 Å². The predicted molar refractivity (Wildman–Crippen MR) is 92.6 cm³/mol. The largest absolute Gasteiger partial charge is 0.392 e. The summed E-state index contributed by atoms with van der Waals surface area (Å²) < 4.78 is 0. The Morgan fingerprint density at radius 3 is 2.74 bits per heavy atom. The Balaban J connectivity index is 1.81. The molecule has 0 spiro atoms. The molecule has 0 fully saturated rings. The van der Waals surface area contributed by atoms with Crippen molar-refractivity contribution in [1.29, 1.82) is 0 Å². The SMILES string of the molecule is Cc1ccc(CO)cc1NC(=O)c1cnc(-c2ccccc2)s1. The van der Waals surface area contributed by atoms with Crippen molar-refractivity contribution in [3.63, 3.8) is 0 Å². The van der Waals surface area contributed by atoms with Crippen LogP contribution in [-0.4, -0.2) is 16.0 Å². The molecule has 1 aromatic heterocycles. The number of rotatable bonds is 4. The summed E-state index contributed by atoms with van der Waals surface area (Å²) in [6.07, 6.45) is 1.59. The topological polar surface area (TPSA) is 62.2 Å². The summed E-state index contributed by atoms with van der Waals surface area (Å²) in [5.41, 5.74) is 3.41. The van der Waals surface area contributed by atoms with E-state index in [9.17, 15) is 9.90 Å². The molecule has 0 aliphatic carbocycles. The van der Waals surface area contributed by atoms with E-state index in [1.807, 2.05) is 49.4 Å². The molecule has 4 nitrogen and oxygen atoms in total. The Labute approximate surface area is 138 Å². The van der Waals surface area contributed by atoms with E-state index in [4.69, 9.17) is 0 Å². The van der Waals surface area contributed by atoms with Crippen molar-refractivity contribution in [2.45, 2.75) is 13.5 Å². The fraction of sp³-hybridized carbons (Fsp3) is 0.111. The number of thiazole rings is 1. The molecule has 1 amide bonds. The summed E-state index contributed by atoms with van der Waals surface area (Å²) in [4.78, 5) is 17.3. The van der Waals surface area contributed by atoms with Crippen LogP contribution in [0.3, 0.4) is 0 Å². The number of benzene rings is 2. The molecular formula is C18H16N2O2S. The lowest BCUT2D eigenvalue weighted by Gasteiger charge is -2.08. The van der Waals surface area contributed by atoms with Crippen molar-refractivity contribution in [1.82, 2.24) is 4.98 Å². The first-order chi connectivity index (χ1) is 11.2. The first-order valence-corrected chi connectivity index (χ1v) is 8.02. The smallest absolute Gasteiger partial charge is 0.267 e. The molecule has 5 heteroatoms. The summed E-state index contributed by atoms with van der Waals surface area (Å²) in [5.74, 6) is -0.192. The lowest BCUT2D eigenvalue weighted by Crippen LogP contribution is -2.11. The second kappa shape index (κ2) is 6.73. The highest BCUT2D eigenvalue weighted by Crippen LogP contribution is 2.26. The fourth-order valence-corrected chi connectivity index (χ4v) is 3.00. The number of aliphatic hydroxyl groups is 1. The molecule has 1 heterocycles. The van der Waals surface area contributed by atoms with Crippen molar-refractivity contribution >= 4 is 22.9 Å². The van der Waals surface area contributed by atoms with Crippen LogP contribution in [0.2, 0.25) is 0 Å². The summed E-state index contributed by atoms with van der Waals surface area (Å²) in [6.45, 7) is 1.86. The zero-order chi connectivity index (χ0) is 16.2. The first kappa shape index (κ1) is 15.4. The maximum Gasteiger partial charge on any atom is 0.267 e. The standard InChI is InChI=1S/C18H16N2O2S/c1-12-7-8-13(11-21)9-15(12)20-17(22)16-10-19-18(23-16)14-5-3-2-4-6-14/h2-10,21H,11H2,1H3,(H,20,22). The van der Waals surface area contributed by atoms with Gasteiger partial charge in [-0.1, -0.05) is 42.5 Å². The molecule has 3 rings (SSSR count). The Hall–Kier alpha value is -2.50.